The van der Waals surface area contributed by atoms with Crippen molar-refractivity contribution >= 4 is 15.9 Å². The molecule has 3 aromatic rings. The molecule has 1 amide bonds. The second-order valence-corrected chi connectivity index (χ2v) is 7.61. The predicted octanol–water partition coefficient (Wildman–Crippen LogP) is 1.90. The molecule has 0 bridgehead atoms. The molecule has 27 heavy (non-hydrogen) atoms. The number of sulfonamides is 1. The summed E-state index contributed by atoms with van der Waals surface area (Å²) >= 11 is 0. The van der Waals surface area contributed by atoms with Crippen LogP contribution in [0.4, 0.5) is 4.39 Å². The van der Waals surface area contributed by atoms with Crippen LogP contribution in [0.5, 0.6) is 0 Å². The van der Waals surface area contributed by atoms with Crippen LogP contribution in [0.15, 0.2) is 59.8 Å². The first kappa shape index (κ1) is 18.7. The van der Waals surface area contributed by atoms with Gasteiger partial charge < -0.3 is 10.3 Å². The lowest BCUT2D eigenvalue weighted by Gasteiger charge is -2.10. The van der Waals surface area contributed by atoms with Gasteiger partial charge in [0, 0.05) is 24.5 Å². The molecule has 0 saturated carbocycles. The molecule has 3 N–H and O–H groups in total. The highest BCUT2D eigenvalue weighted by Crippen LogP contribution is 2.17. The van der Waals surface area contributed by atoms with E-state index in [-0.39, 0.29) is 17.0 Å². The predicted molar refractivity (Wildman–Crippen MR) is 97.2 cm³/mol. The summed E-state index contributed by atoms with van der Waals surface area (Å²) in [6.07, 6.45) is 3.21. The summed E-state index contributed by atoms with van der Waals surface area (Å²) in [6.45, 7) is 1.67. The maximum absolute atomic E-state index is 14.4. The van der Waals surface area contributed by atoms with Crippen LogP contribution in [0.2, 0.25) is 0 Å². The Bertz CT molecular complexity index is 1090. The van der Waals surface area contributed by atoms with E-state index in [0.717, 1.165) is 0 Å². The summed E-state index contributed by atoms with van der Waals surface area (Å²) in [7, 11) is -3.81. The molecule has 0 saturated heterocycles. The highest BCUT2D eigenvalue weighted by molar-refractivity contribution is 7.89. The summed E-state index contributed by atoms with van der Waals surface area (Å²) in [4.78, 5) is 15.1. The van der Waals surface area contributed by atoms with Gasteiger partial charge in [-0.05, 0) is 48.9 Å². The third-order valence-electron chi connectivity index (χ3n) is 4.01. The quantitative estimate of drug-likeness (QED) is 0.672. The minimum atomic E-state index is -3.81. The van der Waals surface area contributed by atoms with Crippen molar-refractivity contribution in [2.75, 3.05) is 0 Å². The maximum atomic E-state index is 14.4. The van der Waals surface area contributed by atoms with E-state index in [0.29, 0.717) is 17.1 Å². The molecule has 0 atom stereocenters. The van der Waals surface area contributed by atoms with Gasteiger partial charge in [-0.1, -0.05) is 6.07 Å². The summed E-state index contributed by atoms with van der Waals surface area (Å²) in [5.74, 6) is -0.490. The zero-order valence-corrected chi connectivity index (χ0v) is 15.2. The monoisotopic (exact) mass is 388 g/mol. The first-order valence-corrected chi connectivity index (χ1v) is 9.44. The van der Waals surface area contributed by atoms with Crippen molar-refractivity contribution in [3.8, 4) is 5.69 Å². The van der Waals surface area contributed by atoms with Gasteiger partial charge >= 0.3 is 0 Å². The SMILES string of the molecule is Cc1nccn1-c1ccc(CNS(=O)(=O)c2ccc(C(N)=O)cc2)cc1F. The molecule has 0 aliphatic heterocycles. The van der Waals surface area contributed by atoms with Gasteiger partial charge in [0.15, 0.2) is 0 Å². The molecule has 0 fully saturated rings. The second-order valence-electron chi connectivity index (χ2n) is 5.84. The van der Waals surface area contributed by atoms with Gasteiger partial charge in [0.2, 0.25) is 15.9 Å². The third kappa shape index (κ3) is 4.04. The molecule has 9 heteroatoms. The minimum absolute atomic E-state index is 0.0152. The molecule has 3 rings (SSSR count). The number of aromatic nitrogens is 2. The zero-order chi connectivity index (χ0) is 19.6. The van der Waals surface area contributed by atoms with Crippen molar-refractivity contribution in [3.63, 3.8) is 0 Å². The molecule has 0 radical (unpaired) electrons. The van der Waals surface area contributed by atoms with Crippen LogP contribution in [0.3, 0.4) is 0 Å². The van der Waals surface area contributed by atoms with Crippen molar-refractivity contribution in [1.29, 1.82) is 0 Å². The van der Waals surface area contributed by atoms with Crippen LogP contribution in [0.1, 0.15) is 21.7 Å². The number of benzene rings is 2. The number of amides is 1. The number of carbonyl (C=O) groups excluding carboxylic acids is 1. The lowest BCUT2D eigenvalue weighted by molar-refractivity contribution is 0.1000. The summed E-state index contributed by atoms with van der Waals surface area (Å²) < 4.78 is 43.1. The number of nitrogens with one attached hydrogen (secondary N) is 1. The van der Waals surface area contributed by atoms with E-state index in [2.05, 4.69) is 9.71 Å². The van der Waals surface area contributed by atoms with Crippen molar-refractivity contribution < 1.29 is 17.6 Å². The van der Waals surface area contributed by atoms with E-state index >= 15 is 0 Å². The van der Waals surface area contributed by atoms with Crippen LogP contribution in [-0.2, 0) is 16.6 Å². The normalized spacial score (nSPS) is 11.5. The van der Waals surface area contributed by atoms with E-state index < -0.39 is 21.7 Å². The van der Waals surface area contributed by atoms with E-state index in [1.54, 1.807) is 36.0 Å². The number of nitrogens with zero attached hydrogens (tertiary/aromatic N) is 2. The average Bonchev–Trinajstić information content (AvgIpc) is 3.06. The van der Waals surface area contributed by atoms with E-state index in [1.807, 2.05) is 0 Å². The fourth-order valence-electron chi connectivity index (χ4n) is 2.55. The number of rotatable bonds is 6. The minimum Gasteiger partial charge on any atom is -0.366 e. The molecule has 0 spiro atoms. The molecule has 2 aromatic carbocycles. The number of hydrogen-bond donors (Lipinski definition) is 2. The van der Waals surface area contributed by atoms with E-state index in [4.69, 9.17) is 5.73 Å². The van der Waals surface area contributed by atoms with Crippen LogP contribution in [-0.4, -0.2) is 23.9 Å². The Morgan fingerprint density at radius 2 is 1.93 bits per heavy atom. The van der Waals surface area contributed by atoms with Gasteiger partial charge in [0.25, 0.3) is 0 Å². The number of imidazole rings is 1. The number of hydrogen-bond acceptors (Lipinski definition) is 4. The Morgan fingerprint density at radius 3 is 2.48 bits per heavy atom. The second kappa shape index (κ2) is 7.29. The summed E-state index contributed by atoms with van der Waals surface area (Å²) in [5, 5.41) is 0. The number of halogens is 1. The average molecular weight is 388 g/mol. The largest absolute Gasteiger partial charge is 0.366 e. The lowest BCUT2D eigenvalue weighted by atomic mass is 10.2. The Hall–Kier alpha value is -3.04. The van der Waals surface area contributed by atoms with Crippen molar-refractivity contribution in [2.24, 2.45) is 5.73 Å². The van der Waals surface area contributed by atoms with Gasteiger partial charge in [0.1, 0.15) is 11.6 Å². The Labute approximate surface area is 155 Å². The Balaban J connectivity index is 1.75. The Morgan fingerprint density at radius 1 is 1.22 bits per heavy atom. The fraction of sp³-hybridized carbons (Fsp3) is 0.111. The van der Waals surface area contributed by atoms with Crippen molar-refractivity contribution in [3.05, 3.63) is 77.6 Å². The standard InChI is InChI=1S/C18H17FN4O3S/c1-12-21-8-9-23(12)17-7-2-13(10-16(17)19)11-22-27(25,26)15-5-3-14(4-6-15)18(20)24/h2-10,22H,11H2,1H3,(H2,20,24). The molecular weight excluding hydrogens is 371 g/mol. The molecule has 1 heterocycles. The highest BCUT2D eigenvalue weighted by Gasteiger charge is 2.15. The molecule has 0 unspecified atom stereocenters. The van der Waals surface area contributed by atoms with Gasteiger partial charge in [0.05, 0.1) is 10.6 Å². The van der Waals surface area contributed by atoms with Crippen LogP contribution in [0, 0.1) is 12.7 Å². The van der Waals surface area contributed by atoms with Gasteiger partial charge in [-0.3, -0.25) is 4.79 Å². The fourth-order valence-corrected chi connectivity index (χ4v) is 3.57. The number of nitrogens with two attached hydrogens (primary N) is 1. The maximum Gasteiger partial charge on any atom is 0.248 e. The first-order chi connectivity index (χ1) is 12.8. The molecule has 1 aromatic heterocycles. The van der Waals surface area contributed by atoms with Gasteiger partial charge in [-0.15, -0.1) is 0 Å². The van der Waals surface area contributed by atoms with E-state index in [1.165, 1.54) is 30.3 Å². The molecule has 140 valence electrons. The number of aryl methyl sites for hydroxylation is 1. The lowest BCUT2D eigenvalue weighted by Crippen LogP contribution is -2.23. The first-order valence-electron chi connectivity index (χ1n) is 7.96. The van der Waals surface area contributed by atoms with Gasteiger partial charge in [-0.25, -0.2) is 22.5 Å². The molecule has 0 aliphatic carbocycles. The number of primary amides is 1. The summed E-state index contributed by atoms with van der Waals surface area (Å²) in [6, 6.07) is 9.71. The van der Waals surface area contributed by atoms with Crippen molar-refractivity contribution in [2.45, 2.75) is 18.4 Å². The van der Waals surface area contributed by atoms with E-state index in [9.17, 15) is 17.6 Å². The van der Waals surface area contributed by atoms with Crippen LogP contribution < -0.4 is 10.5 Å². The molecular formula is C18H17FN4O3S. The smallest absolute Gasteiger partial charge is 0.248 e. The third-order valence-corrected chi connectivity index (χ3v) is 5.43. The van der Waals surface area contributed by atoms with Crippen LogP contribution in [0.25, 0.3) is 5.69 Å². The van der Waals surface area contributed by atoms with Crippen LogP contribution >= 0.6 is 0 Å². The molecule has 0 aliphatic rings. The van der Waals surface area contributed by atoms with Gasteiger partial charge in [-0.2, -0.15) is 0 Å². The topological polar surface area (TPSA) is 107 Å². The number of carbonyl (C=O) groups is 1. The Kier molecular flexibility index (Phi) is 5.06. The van der Waals surface area contributed by atoms with Crippen molar-refractivity contribution in [1.82, 2.24) is 14.3 Å². The highest BCUT2D eigenvalue weighted by atomic mass is 32.2. The zero-order valence-electron chi connectivity index (χ0n) is 14.4. The summed E-state index contributed by atoms with van der Waals surface area (Å²) in [5.41, 5.74) is 6.14. The molecule has 7 nitrogen and oxygen atoms in total.